The molecule has 0 fully saturated rings. The average molecular weight is 586 g/mol. The number of carbonyl (C=O) groups is 4. The second-order valence-electron chi connectivity index (χ2n) is 11.1. The lowest BCUT2D eigenvalue weighted by Crippen LogP contribution is -2.26. The smallest absolute Gasteiger partial charge is 0.348 e. The first kappa shape index (κ1) is 25.2. The molecule has 6 aromatic carbocycles. The van der Waals surface area contributed by atoms with Gasteiger partial charge in [0.25, 0.3) is 0 Å². The van der Waals surface area contributed by atoms with E-state index in [0.29, 0.717) is 5.69 Å². The molecule has 0 unspecified atom stereocenters. The van der Waals surface area contributed by atoms with E-state index in [-0.39, 0.29) is 33.0 Å². The monoisotopic (exact) mass is 585 g/mol. The van der Waals surface area contributed by atoms with Crippen molar-refractivity contribution < 1.29 is 28.7 Å². The fourth-order valence-electron chi connectivity index (χ4n) is 6.72. The molecule has 2 aliphatic heterocycles. The van der Waals surface area contributed by atoms with Gasteiger partial charge in [0.05, 0.1) is 39.0 Å². The van der Waals surface area contributed by atoms with E-state index < -0.39 is 23.9 Å². The van der Waals surface area contributed by atoms with Crippen LogP contribution in [0.3, 0.4) is 0 Å². The number of carbonyl (C=O) groups excluding carboxylic acids is 4. The van der Waals surface area contributed by atoms with E-state index in [1.807, 2.05) is 89.5 Å². The first-order valence-electron chi connectivity index (χ1n) is 14.3. The fraction of sp³-hybridized carbons (Fsp3) is 0. The van der Waals surface area contributed by atoms with Gasteiger partial charge in [0, 0.05) is 21.5 Å². The molecule has 1 aromatic heterocycles. The van der Waals surface area contributed by atoms with Crippen molar-refractivity contribution in [3.05, 3.63) is 138 Å². The number of hydrogen-bond donors (Lipinski definition) is 0. The highest BCUT2D eigenvalue weighted by atomic mass is 16.6. The maximum Gasteiger partial charge on any atom is 0.348 e. The van der Waals surface area contributed by atoms with Gasteiger partial charge in [-0.2, -0.15) is 0 Å². The van der Waals surface area contributed by atoms with Gasteiger partial charge >= 0.3 is 23.9 Å². The van der Waals surface area contributed by atoms with Crippen LogP contribution in [0.4, 0.5) is 0 Å². The largest absolute Gasteiger partial charge is 0.386 e. The summed E-state index contributed by atoms with van der Waals surface area (Å²) in [5.41, 5.74) is 6.45. The van der Waals surface area contributed by atoms with E-state index in [2.05, 4.69) is 12.1 Å². The normalized spacial score (nSPS) is 13.9. The number of cyclic esters (lactones) is 4. The Bertz CT molecular complexity index is 2400. The molecule has 9 rings (SSSR count). The topological polar surface area (TPSA) is 91.7 Å². The van der Waals surface area contributed by atoms with Crippen molar-refractivity contribution in [1.82, 2.24) is 4.57 Å². The number of benzene rings is 6. The van der Waals surface area contributed by atoms with E-state index in [4.69, 9.17) is 9.47 Å². The number of esters is 4. The third-order valence-electron chi connectivity index (χ3n) is 8.72. The van der Waals surface area contributed by atoms with Gasteiger partial charge in [0.15, 0.2) is 0 Å². The van der Waals surface area contributed by atoms with Gasteiger partial charge in [-0.1, -0.05) is 72.8 Å². The Morgan fingerprint density at radius 2 is 0.911 bits per heavy atom. The van der Waals surface area contributed by atoms with Crippen LogP contribution in [0.5, 0.6) is 0 Å². The Labute approximate surface area is 254 Å². The zero-order valence-corrected chi connectivity index (χ0v) is 23.4. The van der Waals surface area contributed by atoms with Gasteiger partial charge in [-0.05, 0) is 64.7 Å². The lowest BCUT2D eigenvalue weighted by atomic mass is 9.88. The molecule has 212 valence electrons. The highest BCUT2D eigenvalue weighted by Crippen LogP contribution is 2.43. The SMILES string of the molecule is O=C1OC(=O)c2cc(-n3c4ccc(-c5ccccc5)cc4c4cc(-c5ccccc5)ccc43)c3c4c(ccc1c24)C(=O)OC3=O. The van der Waals surface area contributed by atoms with Crippen molar-refractivity contribution in [1.29, 1.82) is 0 Å². The van der Waals surface area contributed by atoms with Crippen LogP contribution >= 0.6 is 0 Å². The molecule has 0 N–H and O–H groups in total. The summed E-state index contributed by atoms with van der Waals surface area (Å²) in [6.45, 7) is 0. The minimum atomic E-state index is -0.852. The Balaban J connectivity index is 1.43. The first-order valence-corrected chi connectivity index (χ1v) is 14.3. The molecule has 0 atom stereocenters. The molecule has 0 bridgehead atoms. The van der Waals surface area contributed by atoms with Crippen LogP contribution < -0.4 is 0 Å². The number of aromatic nitrogens is 1. The molecule has 2 aliphatic rings. The van der Waals surface area contributed by atoms with E-state index in [1.54, 1.807) is 6.07 Å². The molecule has 0 radical (unpaired) electrons. The average Bonchev–Trinajstić information content (AvgIpc) is 3.39. The van der Waals surface area contributed by atoms with Gasteiger partial charge in [-0.15, -0.1) is 0 Å². The maximum absolute atomic E-state index is 13.6. The van der Waals surface area contributed by atoms with Crippen molar-refractivity contribution in [2.24, 2.45) is 0 Å². The molecule has 7 heteroatoms. The molecule has 0 saturated carbocycles. The predicted molar refractivity (Wildman–Crippen MR) is 169 cm³/mol. The summed E-state index contributed by atoms with van der Waals surface area (Å²) in [6.07, 6.45) is 0. The highest BCUT2D eigenvalue weighted by Gasteiger charge is 2.38. The number of ether oxygens (including phenoxy) is 2. The molecule has 0 amide bonds. The van der Waals surface area contributed by atoms with Gasteiger partial charge in [-0.25, -0.2) is 19.2 Å². The van der Waals surface area contributed by atoms with Crippen molar-refractivity contribution in [3.8, 4) is 27.9 Å². The zero-order valence-electron chi connectivity index (χ0n) is 23.4. The fourth-order valence-corrected chi connectivity index (χ4v) is 6.72. The molecular formula is C38H19NO6. The Kier molecular flexibility index (Phi) is 5.08. The molecule has 0 aliphatic carbocycles. The van der Waals surface area contributed by atoms with Gasteiger partial charge in [0.2, 0.25) is 0 Å². The minimum Gasteiger partial charge on any atom is -0.386 e. The van der Waals surface area contributed by atoms with Crippen molar-refractivity contribution in [2.75, 3.05) is 0 Å². The second-order valence-corrected chi connectivity index (χ2v) is 11.1. The van der Waals surface area contributed by atoms with Crippen molar-refractivity contribution in [3.63, 3.8) is 0 Å². The van der Waals surface area contributed by atoms with Gasteiger partial charge in [0.1, 0.15) is 0 Å². The molecular weight excluding hydrogens is 566 g/mol. The standard InChI is InChI=1S/C38H19NO6/c40-35-24-13-14-25-33-32(24)28(37(42)44-35)19-31(34(33)38(43)45-36(25)41)39-29-15-11-22(20-7-3-1-4-8-20)17-26(29)27-18-23(12-16-30(27)39)21-9-5-2-6-10-21/h1-19H. The number of fused-ring (bicyclic) bond motifs is 3. The van der Waals surface area contributed by atoms with Crippen LogP contribution in [0.25, 0.3) is 60.5 Å². The summed E-state index contributed by atoms with van der Waals surface area (Å²) >= 11 is 0. The van der Waals surface area contributed by atoms with Crippen molar-refractivity contribution >= 4 is 56.5 Å². The third kappa shape index (κ3) is 3.52. The van der Waals surface area contributed by atoms with E-state index in [0.717, 1.165) is 44.1 Å². The molecule has 7 aromatic rings. The highest BCUT2D eigenvalue weighted by molar-refractivity contribution is 6.30. The third-order valence-corrected chi connectivity index (χ3v) is 8.72. The van der Waals surface area contributed by atoms with Gasteiger partial charge < -0.3 is 14.0 Å². The maximum atomic E-state index is 13.6. The van der Waals surface area contributed by atoms with Crippen LogP contribution in [-0.4, -0.2) is 28.4 Å². The van der Waals surface area contributed by atoms with Crippen molar-refractivity contribution in [2.45, 2.75) is 0 Å². The predicted octanol–water partition coefficient (Wildman–Crippen LogP) is 7.89. The van der Waals surface area contributed by atoms with Crippen LogP contribution in [-0.2, 0) is 9.47 Å². The van der Waals surface area contributed by atoms with E-state index in [9.17, 15) is 19.2 Å². The lowest BCUT2D eigenvalue weighted by Gasteiger charge is -2.24. The summed E-state index contributed by atoms with van der Waals surface area (Å²) in [5, 5.41) is 2.29. The zero-order chi connectivity index (χ0) is 30.4. The summed E-state index contributed by atoms with van der Waals surface area (Å²) in [5.74, 6) is -3.37. The molecule has 0 saturated heterocycles. The van der Waals surface area contributed by atoms with Crippen LogP contribution in [0.1, 0.15) is 41.4 Å². The van der Waals surface area contributed by atoms with E-state index in [1.165, 1.54) is 12.1 Å². The summed E-state index contributed by atoms with van der Waals surface area (Å²) in [4.78, 5) is 52.3. The number of hydrogen-bond acceptors (Lipinski definition) is 6. The molecule has 3 heterocycles. The Morgan fingerprint density at radius 3 is 1.47 bits per heavy atom. The molecule has 45 heavy (non-hydrogen) atoms. The Hall–Kier alpha value is -6.34. The number of nitrogens with zero attached hydrogens (tertiary/aromatic N) is 1. The summed E-state index contributed by atoms with van der Waals surface area (Å²) in [7, 11) is 0. The van der Waals surface area contributed by atoms with Gasteiger partial charge in [-0.3, -0.25) is 0 Å². The second kappa shape index (κ2) is 9.08. The summed E-state index contributed by atoms with van der Waals surface area (Å²) < 4.78 is 12.2. The first-order chi connectivity index (χ1) is 22.0. The quantitative estimate of drug-likeness (QED) is 0.155. The van der Waals surface area contributed by atoms with Crippen LogP contribution in [0.15, 0.2) is 115 Å². The lowest BCUT2D eigenvalue weighted by molar-refractivity contribution is 0.0366. The summed E-state index contributed by atoms with van der Waals surface area (Å²) in [6, 6.07) is 36.8. The van der Waals surface area contributed by atoms with Crippen LogP contribution in [0.2, 0.25) is 0 Å². The molecule has 0 spiro atoms. The minimum absolute atomic E-state index is 0.0968. The molecule has 7 nitrogen and oxygen atoms in total. The number of rotatable bonds is 3. The van der Waals surface area contributed by atoms with Crippen LogP contribution in [0, 0.1) is 0 Å². The van der Waals surface area contributed by atoms with E-state index >= 15 is 0 Å². The Morgan fingerprint density at radius 1 is 0.422 bits per heavy atom.